The molecule has 0 saturated heterocycles. The van der Waals surface area contributed by atoms with Crippen LogP contribution >= 0.6 is 0 Å². The SMILES string of the molecule is COc1cccc([O-])c1.[Na+]. The van der Waals surface area contributed by atoms with Crippen molar-refractivity contribution in [2.24, 2.45) is 0 Å². The molecule has 0 heterocycles. The minimum atomic E-state index is -0.0191. The van der Waals surface area contributed by atoms with E-state index in [1.54, 1.807) is 12.1 Å². The molecule has 0 aromatic heterocycles. The summed E-state index contributed by atoms with van der Waals surface area (Å²) in [5.41, 5.74) is 0. The quantitative estimate of drug-likeness (QED) is 0.420. The Labute approximate surface area is 82.1 Å². The Kier molecular flexibility index (Phi) is 4.52. The molecule has 0 aliphatic carbocycles. The van der Waals surface area contributed by atoms with Gasteiger partial charge in [0.1, 0.15) is 5.75 Å². The van der Waals surface area contributed by atoms with Gasteiger partial charge in [-0.25, -0.2) is 0 Å². The van der Waals surface area contributed by atoms with Crippen molar-refractivity contribution in [1.82, 2.24) is 0 Å². The van der Waals surface area contributed by atoms with E-state index in [1.165, 1.54) is 19.2 Å². The van der Waals surface area contributed by atoms with Crippen LogP contribution in [0.4, 0.5) is 0 Å². The van der Waals surface area contributed by atoms with Crippen molar-refractivity contribution in [2.45, 2.75) is 0 Å². The first kappa shape index (κ1) is 9.82. The summed E-state index contributed by atoms with van der Waals surface area (Å²) in [6, 6.07) is 6.34. The van der Waals surface area contributed by atoms with Crippen LogP contribution in [0.25, 0.3) is 0 Å². The molecule has 1 aromatic rings. The van der Waals surface area contributed by atoms with Gasteiger partial charge in [-0.3, -0.25) is 0 Å². The standard InChI is InChI=1S/C7H8O2.Na/c1-9-7-4-2-3-6(8)5-7;/h2-5,8H,1H3;/q;+1/p-1. The fourth-order valence-corrected chi connectivity index (χ4v) is 0.601. The Morgan fingerprint density at radius 1 is 1.40 bits per heavy atom. The molecule has 0 aliphatic rings. The molecule has 10 heavy (non-hydrogen) atoms. The third kappa shape index (κ3) is 2.60. The molecule has 0 unspecified atom stereocenters. The molecule has 0 aliphatic heterocycles. The van der Waals surface area contributed by atoms with Gasteiger partial charge in [-0.15, -0.1) is 5.75 Å². The number of benzene rings is 1. The number of rotatable bonds is 1. The van der Waals surface area contributed by atoms with Crippen molar-refractivity contribution in [3.05, 3.63) is 24.3 Å². The minimum absolute atomic E-state index is 0. The molecule has 0 N–H and O–H groups in total. The summed E-state index contributed by atoms with van der Waals surface area (Å²) in [4.78, 5) is 0. The van der Waals surface area contributed by atoms with Gasteiger partial charge in [-0.1, -0.05) is 12.1 Å². The van der Waals surface area contributed by atoms with Crippen molar-refractivity contribution in [1.29, 1.82) is 0 Å². The molecular weight excluding hydrogens is 139 g/mol. The number of ether oxygens (including phenoxy) is 1. The van der Waals surface area contributed by atoms with E-state index in [9.17, 15) is 5.11 Å². The molecule has 0 radical (unpaired) electrons. The van der Waals surface area contributed by atoms with Crippen LogP contribution in [0, 0.1) is 0 Å². The molecule has 1 rings (SSSR count). The molecular formula is C7H7NaO2. The van der Waals surface area contributed by atoms with Gasteiger partial charge >= 0.3 is 29.6 Å². The third-order valence-electron chi connectivity index (χ3n) is 1.04. The fourth-order valence-electron chi connectivity index (χ4n) is 0.601. The first-order valence-corrected chi connectivity index (χ1v) is 2.64. The molecule has 0 bridgehead atoms. The Balaban J connectivity index is 0.000000810. The second kappa shape index (κ2) is 4.61. The number of hydrogen-bond acceptors (Lipinski definition) is 2. The van der Waals surface area contributed by atoms with Crippen molar-refractivity contribution in [3.8, 4) is 11.5 Å². The second-order valence-electron chi connectivity index (χ2n) is 1.68. The Bertz CT molecular complexity index is 201. The van der Waals surface area contributed by atoms with E-state index in [0.29, 0.717) is 5.75 Å². The summed E-state index contributed by atoms with van der Waals surface area (Å²) in [5.74, 6) is 0.594. The average Bonchev–Trinajstić information content (AvgIpc) is 1.88. The van der Waals surface area contributed by atoms with Gasteiger partial charge in [0.25, 0.3) is 0 Å². The Hall–Kier alpha value is -0.180. The topological polar surface area (TPSA) is 32.3 Å². The Morgan fingerprint density at radius 2 is 2.10 bits per heavy atom. The summed E-state index contributed by atoms with van der Waals surface area (Å²) in [6.45, 7) is 0. The Morgan fingerprint density at radius 3 is 2.50 bits per heavy atom. The summed E-state index contributed by atoms with van der Waals surface area (Å²) in [7, 11) is 1.54. The summed E-state index contributed by atoms with van der Waals surface area (Å²) >= 11 is 0. The summed E-state index contributed by atoms with van der Waals surface area (Å²) in [5, 5.41) is 10.6. The van der Waals surface area contributed by atoms with Gasteiger partial charge in [0, 0.05) is 0 Å². The van der Waals surface area contributed by atoms with Gasteiger partial charge in [0.05, 0.1) is 7.11 Å². The van der Waals surface area contributed by atoms with E-state index < -0.39 is 0 Å². The van der Waals surface area contributed by atoms with Crippen LogP contribution < -0.4 is 39.4 Å². The molecule has 48 valence electrons. The molecule has 2 nitrogen and oxygen atoms in total. The van der Waals surface area contributed by atoms with Crippen LogP contribution in [-0.4, -0.2) is 7.11 Å². The molecule has 0 spiro atoms. The van der Waals surface area contributed by atoms with Gasteiger partial charge in [0.2, 0.25) is 0 Å². The van der Waals surface area contributed by atoms with E-state index >= 15 is 0 Å². The van der Waals surface area contributed by atoms with Crippen LogP contribution in [0.2, 0.25) is 0 Å². The molecule has 0 fully saturated rings. The van der Waals surface area contributed by atoms with Crippen LogP contribution in [0.15, 0.2) is 24.3 Å². The van der Waals surface area contributed by atoms with Crippen molar-refractivity contribution < 1.29 is 39.4 Å². The maximum Gasteiger partial charge on any atom is 1.00 e. The smallest absolute Gasteiger partial charge is 0.872 e. The second-order valence-corrected chi connectivity index (χ2v) is 1.68. The molecule has 1 aromatic carbocycles. The van der Waals surface area contributed by atoms with Crippen molar-refractivity contribution in [3.63, 3.8) is 0 Å². The fraction of sp³-hybridized carbons (Fsp3) is 0.143. The summed E-state index contributed by atoms with van der Waals surface area (Å²) in [6.07, 6.45) is 0. The van der Waals surface area contributed by atoms with E-state index in [2.05, 4.69) is 0 Å². The van der Waals surface area contributed by atoms with E-state index in [4.69, 9.17) is 4.74 Å². The van der Waals surface area contributed by atoms with E-state index in [-0.39, 0.29) is 35.3 Å². The first-order valence-electron chi connectivity index (χ1n) is 2.64. The van der Waals surface area contributed by atoms with Gasteiger partial charge in [0.15, 0.2) is 0 Å². The number of methoxy groups -OCH3 is 1. The van der Waals surface area contributed by atoms with Gasteiger partial charge in [-0.05, 0) is 12.1 Å². The van der Waals surface area contributed by atoms with Crippen molar-refractivity contribution >= 4 is 0 Å². The largest absolute Gasteiger partial charge is 1.00 e. The molecule has 3 heteroatoms. The maximum absolute atomic E-state index is 10.6. The zero-order valence-electron chi connectivity index (χ0n) is 6.13. The number of hydrogen-bond donors (Lipinski definition) is 0. The zero-order valence-corrected chi connectivity index (χ0v) is 8.13. The molecule has 0 saturated carbocycles. The monoisotopic (exact) mass is 146 g/mol. The van der Waals surface area contributed by atoms with Crippen molar-refractivity contribution in [2.75, 3.05) is 7.11 Å². The van der Waals surface area contributed by atoms with Crippen LogP contribution in [0.3, 0.4) is 0 Å². The normalized spacial score (nSPS) is 8.10. The van der Waals surface area contributed by atoms with E-state index in [1.807, 2.05) is 0 Å². The third-order valence-corrected chi connectivity index (χ3v) is 1.04. The van der Waals surface area contributed by atoms with Crippen LogP contribution in [0.5, 0.6) is 11.5 Å². The first-order chi connectivity index (χ1) is 4.33. The van der Waals surface area contributed by atoms with Gasteiger partial charge < -0.3 is 9.84 Å². The zero-order chi connectivity index (χ0) is 6.69. The van der Waals surface area contributed by atoms with Gasteiger partial charge in [-0.2, -0.15) is 0 Å². The van der Waals surface area contributed by atoms with E-state index in [0.717, 1.165) is 0 Å². The predicted molar refractivity (Wildman–Crippen MR) is 32.4 cm³/mol. The predicted octanol–water partition coefficient (Wildman–Crippen LogP) is -2.23. The van der Waals surface area contributed by atoms with Crippen LogP contribution in [0.1, 0.15) is 0 Å². The molecule has 0 atom stereocenters. The summed E-state index contributed by atoms with van der Waals surface area (Å²) < 4.78 is 4.80. The minimum Gasteiger partial charge on any atom is -0.872 e. The molecule has 0 amide bonds. The average molecular weight is 146 g/mol. The maximum atomic E-state index is 10.6. The van der Waals surface area contributed by atoms with Crippen LogP contribution in [-0.2, 0) is 0 Å².